The molecule has 0 spiro atoms. The smallest absolute Gasteiger partial charge is 0.350 e. The third-order valence-electron chi connectivity index (χ3n) is 1.68. The van der Waals surface area contributed by atoms with Gasteiger partial charge in [0.25, 0.3) is 0 Å². The molecule has 0 aliphatic rings. The van der Waals surface area contributed by atoms with E-state index in [1.54, 1.807) is 6.92 Å². The molecule has 1 N–H and O–H groups in total. The molecule has 0 atom stereocenters. The number of esters is 1. The molecule has 0 fully saturated rings. The van der Waals surface area contributed by atoms with Crippen molar-refractivity contribution in [2.75, 3.05) is 6.61 Å². The Morgan fingerprint density at radius 1 is 1.50 bits per heavy atom. The van der Waals surface area contributed by atoms with Gasteiger partial charge in [-0.15, -0.1) is 0 Å². The summed E-state index contributed by atoms with van der Waals surface area (Å²) < 4.78 is 4.84. The van der Waals surface area contributed by atoms with Crippen molar-refractivity contribution in [3.05, 3.63) is 20.2 Å². The van der Waals surface area contributed by atoms with Gasteiger partial charge in [0.2, 0.25) is 0 Å². The average Bonchev–Trinajstić information content (AvgIpc) is 2.48. The summed E-state index contributed by atoms with van der Waals surface area (Å²) >= 11 is 0.917. The van der Waals surface area contributed by atoms with Crippen molar-refractivity contribution in [3.63, 3.8) is 0 Å². The number of hydrogen-bond donors (Lipinski definition) is 1. The minimum absolute atomic E-state index is 0.198. The first-order valence-electron chi connectivity index (χ1n) is 4.58. The van der Waals surface area contributed by atoms with Crippen molar-refractivity contribution < 1.29 is 9.53 Å². The van der Waals surface area contributed by atoms with Crippen LogP contribution in [0.3, 0.4) is 0 Å². The standard InChI is InChI=1S/C9H13NO3S/c1-3-5-6-7(8(11)13-4-2)14-9(12)10-6/h3-5H2,1-2H3,(H,10,12). The summed E-state index contributed by atoms with van der Waals surface area (Å²) in [6, 6.07) is 0. The number of aromatic amines is 1. The van der Waals surface area contributed by atoms with Crippen molar-refractivity contribution in [3.8, 4) is 0 Å². The molecule has 1 rings (SSSR count). The molecule has 1 heterocycles. The van der Waals surface area contributed by atoms with Gasteiger partial charge >= 0.3 is 10.8 Å². The lowest BCUT2D eigenvalue weighted by Crippen LogP contribution is -2.05. The van der Waals surface area contributed by atoms with E-state index in [4.69, 9.17) is 4.74 Å². The van der Waals surface area contributed by atoms with Crippen LogP contribution in [0.4, 0.5) is 0 Å². The van der Waals surface area contributed by atoms with Crippen LogP contribution < -0.4 is 4.87 Å². The van der Waals surface area contributed by atoms with Gasteiger partial charge in [-0.2, -0.15) is 0 Å². The van der Waals surface area contributed by atoms with E-state index in [1.165, 1.54) is 0 Å². The Morgan fingerprint density at radius 3 is 2.79 bits per heavy atom. The molecule has 0 radical (unpaired) electrons. The Morgan fingerprint density at radius 2 is 2.21 bits per heavy atom. The van der Waals surface area contributed by atoms with Gasteiger partial charge in [0.05, 0.1) is 6.61 Å². The summed E-state index contributed by atoms with van der Waals surface area (Å²) in [5.41, 5.74) is 0.695. The molecule has 0 aliphatic carbocycles. The second kappa shape index (κ2) is 4.95. The lowest BCUT2D eigenvalue weighted by molar-refractivity contribution is 0.0530. The van der Waals surface area contributed by atoms with Crippen LogP contribution in [0, 0.1) is 0 Å². The highest BCUT2D eigenvalue weighted by Gasteiger charge is 2.15. The summed E-state index contributed by atoms with van der Waals surface area (Å²) in [5.74, 6) is -0.403. The second-order valence-electron chi connectivity index (χ2n) is 2.79. The lowest BCUT2D eigenvalue weighted by atomic mass is 10.2. The van der Waals surface area contributed by atoms with Crippen LogP contribution in [0.1, 0.15) is 35.6 Å². The van der Waals surface area contributed by atoms with E-state index in [0.717, 1.165) is 17.8 Å². The number of thiazole rings is 1. The van der Waals surface area contributed by atoms with E-state index in [2.05, 4.69) is 4.98 Å². The first kappa shape index (κ1) is 11.0. The van der Waals surface area contributed by atoms with Gasteiger partial charge in [-0.25, -0.2) is 4.79 Å². The third-order valence-corrected chi connectivity index (χ3v) is 2.59. The van der Waals surface area contributed by atoms with Gasteiger partial charge in [-0.1, -0.05) is 24.7 Å². The minimum atomic E-state index is -0.403. The summed E-state index contributed by atoms with van der Waals surface area (Å²) in [6.07, 6.45) is 1.59. The van der Waals surface area contributed by atoms with Gasteiger partial charge in [-0.3, -0.25) is 4.79 Å². The van der Waals surface area contributed by atoms with E-state index in [0.29, 0.717) is 23.6 Å². The van der Waals surface area contributed by atoms with Gasteiger partial charge in [0.1, 0.15) is 4.88 Å². The molecule has 1 aromatic rings. The molecule has 5 heteroatoms. The van der Waals surface area contributed by atoms with Crippen LogP contribution in [0.5, 0.6) is 0 Å². The fraction of sp³-hybridized carbons (Fsp3) is 0.556. The molecule has 0 saturated heterocycles. The van der Waals surface area contributed by atoms with Crippen molar-refractivity contribution in [1.29, 1.82) is 0 Å². The zero-order valence-electron chi connectivity index (χ0n) is 8.25. The predicted octanol–water partition coefficient (Wildman–Crippen LogP) is 1.57. The Labute approximate surface area is 85.9 Å². The number of aromatic nitrogens is 1. The average molecular weight is 215 g/mol. The van der Waals surface area contributed by atoms with E-state index >= 15 is 0 Å². The number of ether oxygens (including phenoxy) is 1. The number of carbonyl (C=O) groups excluding carboxylic acids is 1. The zero-order chi connectivity index (χ0) is 10.6. The Hall–Kier alpha value is -1.10. The molecule has 0 aromatic carbocycles. The molecule has 0 amide bonds. The normalized spacial score (nSPS) is 10.1. The highest BCUT2D eigenvalue weighted by atomic mass is 32.1. The second-order valence-corrected chi connectivity index (χ2v) is 3.78. The van der Waals surface area contributed by atoms with E-state index < -0.39 is 5.97 Å². The summed E-state index contributed by atoms with van der Waals surface area (Å²) in [4.78, 5) is 25.3. The van der Waals surface area contributed by atoms with Crippen molar-refractivity contribution in [1.82, 2.24) is 4.98 Å². The minimum Gasteiger partial charge on any atom is -0.462 e. The fourth-order valence-electron chi connectivity index (χ4n) is 1.15. The maximum Gasteiger partial charge on any atom is 0.350 e. The highest BCUT2D eigenvalue weighted by molar-refractivity contribution is 7.11. The van der Waals surface area contributed by atoms with Crippen LogP contribution in [-0.2, 0) is 11.2 Å². The van der Waals surface area contributed by atoms with Gasteiger partial charge in [-0.05, 0) is 13.3 Å². The Balaban J connectivity index is 2.94. The predicted molar refractivity (Wildman–Crippen MR) is 54.9 cm³/mol. The number of hydrogen-bond acceptors (Lipinski definition) is 4. The van der Waals surface area contributed by atoms with Gasteiger partial charge < -0.3 is 9.72 Å². The summed E-state index contributed by atoms with van der Waals surface area (Å²) in [6.45, 7) is 4.06. The monoisotopic (exact) mass is 215 g/mol. The van der Waals surface area contributed by atoms with Crippen LogP contribution in [0.15, 0.2) is 4.79 Å². The van der Waals surface area contributed by atoms with E-state index in [9.17, 15) is 9.59 Å². The number of nitrogens with one attached hydrogen (secondary N) is 1. The summed E-state index contributed by atoms with van der Waals surface area (Å²) in [5, 5.41) is 0. The zero-order valence-corrected chi connectivity index (χ0v) is 9.07. The first-order valence-corrected chi connectivity index (χ1v) is 5.39. The molecular weight excluding hydrogens is 202 g/mol. The van der Waals surface area contributed by atoms with Crippen LogP contribution in [-0.4, -0.2) is 17.6 Å². The number of rotatable bonds is 4. The Bertz CT molecular complexity index is 366. The lowest BCUT2D eigenvalue weighted by Gasteiger charge is -2.00. The number of aryl methyl sites for hydroxylation is 1. The molecule has 14 heavy (non-hydrogen) atoms. The van der Waals surface area contributed by atoms with Crippen molar-refractivity contribution in [2.24, 2.45) is 0 Å². The van der Waals surface area contributed by atoms with Crippen LogP contribution in [0.25, 0.3) is 0 Å². The van der Waals surface area contributed by atoms with Crippen LogP contribution in [0.2, 0.25) is 0 Å². The third kappa shape index (κ3) is 2.45. The number of carbonyl (C=O) groups is 1. The SMILES string of the molecule is CCCc1[nH]c(=O)sc1C(=O)OCC. The number of H-pyrrole nitrogens is 1. The molecule has 0 aliphatic heterocycles. The topological polar surface area (TPSA) is 59.2 Å². The summed E-state index contributed by atoms with van der Waals surface area (Å²) in [7, 11) is 0. The largest absolute Gasteiger partial charge is 0.462 e. The molecule has 0 saturated carbocycles. The van der Waals surface area contributed by atoms with E-state index in [-0.39, 0.29) is 4.87 Å². The first-order chi connectivity index (χ1) is 6.69. The van der Waals surface area contributed by atoms with Gasteiger partial charge in [0, 0.05) is 5.69 Å². The van der Waals surface area contributed by atoms with E-state index in [1.807, 2.05) is 6.92 Å². The molecule has 0 unspecified atom stereocenters. The highest BCUT2D eigenvalue weighted by Crippen LogP contribution is 2.12. The Kier molecular flexibility index (Phi) is 3.88. The molecule has 1 aromatic heterocycles. The van der Waals surface area contributed by atoms with Crippen LogP contribution >= 0.6 is 11.3 Å². The maximum absolute atomic E-state index is 11.4. The quantitative estimate of drug-likeness (QED) is 0.775. The van der Waals surface area contributed by atoms with Gasteiger partial charge in [0.15, 0.2) is 0 Å². The fourth-order valence-corrected chi connectivity index (χ4v) is 1.93. The molecular formula is C9H13NO3S. The molecule has 4 nitrogen and oxygen atoms in total. The molecule has 0 bridgehead atoms. The maximum atomic E-state index is 11.4. The van der Waals surface area contributed by atoms with Crippen molar-refractivity contribution in [2.45, 2.75) is 26.7 Å². The molecule has 78 valence electrons. The van der Waals surface area contributed by atoms with Crippen molar-refractivity contribution >= 4 is 17.3 Å².